The normalized spacial score (nSPS) is 16.2. The van der Waals surface area contributed by atoms with Gasteiger partial charge in [-0.25, -0.2) is 9.97 Å². The van der Waals surface area contributed by atoms with Gasteiger partial charge in [0.2, 0.25) is 5.82 Å². The molecule has 1 unspecified atom stereocenters. The lowest BCUT2D eigenvalue weighted by Crippen LogP contribution is -2.27. The highest BCUT2D eigenvalue weighted by Gasteiger charge is 2.24. The summed E-state index contributed by atoms with van der Waals surface area (Å²) in [6, 6.07) is 13.6. The molecule has 1 saturated carbocycles. The van der Waals surface area contributed by atoms with Crippen molar-refractivity contribution in [2.45, 2.75) is 44.6 Å². The summed E-state index contributed by atoms with van der Waals surface area (Å²) in [5.74, 6) is 0.556. The molecule has 0 aliphatic heterocycles. The molecule has 2 aromatic carbocycles. The maximum absolute atomic E-state index is 12.7. The minimum Gasteiger partial charge on any atom is -0.343 e. The molecule has 2 aromatic heterocycles. The Hall–Kier alpha value is -3.48. The van der Waals surface area contributed by atoms with E-state index in [0.29, 0.717) is 35.6 Å². The van der Waals surface area contributed by atoms with Crippen molar-refractivity contribution < 1.29 is 9.59 Å². The number of Topliss-reactive ketones (excluding diaryl/α,β-unsaturated/α-hetero) is 1. The number of ketones is 1. The summed E-state index contributed by atoms with van der Waals surface area (Å²) in [6.07, 6.45) is 2.98. The Morgan fingerprint density at radius 2 is 1.77 bits per heavy atom. The SMILES string of the molecule is CC(NC(=O)c1nc2cc3[nH][nH]c(C4CCC(=O)CC4)c3cc2n1)c1ccccc1. The van der Waals surface area contributed by atoms with E-state index in [1.165, 1.54) is 0 Å². The third-order valence-electron chi connectivity index (χ3n) is 5.99. The van der Waals surface area contributed by atoms with Crippen LogP contribution in [0.4, 0.5) is 0 Å². The van der Waals surface area contributed by atoms with Crippen LogP contribution in [0.25, 0.3) is 21.9 Å². The first kappa shape index (κ1) is 18.5. The van der Waals surface area contributed by atoms with E-state index in [-0.39, 0.29) is 17.8 Å². The van der Waals surface area contributed by atoms with Gasteiger partial charge in [0.1, 0.15) is 5.78 Å². The Balaban J connectivity index is 1.42. The van der Waals surface area contributed by atoms with Gasteiger partial charge in [0.05, 0.1) is 22.6 Å². The maximum atomic E-state index is 12.7. The van der Waals surface area contributed by atoms with Gasteiger partial charge in [-0.2, -0.15) is 0 Å². The Bertz CT molecular complexity index is 1230. The fourth-order valence-corrected chi connectivity index (χ4v) is 4.28. The van der Waals surface area contributed by atoms with Crippen molar-refractivity contribution in [2.75, 3.05) is 0 Å². The second-order valence-electron chi connectivity index (χ2n) is 8.02. The quantitative estimate of drug-likeness (QED) is 0.478. The Morgan fingerprint density at radius 3 is 2.50 bits per heavy atom. The lowest BCUT2D eigenvalue weighted by Gasteiger charge is -2.19. The summed E-state index contributed by atoms with van der Waals surface area (Å²) in [5.41, 5.74) is 4.44. The van der Waals surface area contributed by atoms with Crippen LogP contribution in [-0.4, -0.2) is 31.9 Å². The van der Waals surface area contributed by atoms with Crippen molar-refractivity contribution >= 4 is 33.6 Å². The van der Waals surface area contributed by atoms with Gasteiger partial charge in [-0.3, -0.25) is 9.59 Å². The predicted octanol–water partition coefficient (Wildman–Crippen LogP) is 4.16. The molecule has 0 spiro atoms. The lowest BCUT2D eigenvalue weighted by molar-refractivity contribution is -0.120. The van der Waals surface area contributed by atoms with Crippen molar-refractivity contribution in [3.63, 3.8) is 0 Å². The molecule has 1 amide bonds. The number of imidazole rings is 1. The van der Waals surface area contributed by atoms with Crippen LogP contribution in [0.15, 0.2) is 42.5 Å². The first-order valence-corrected chi connectivity index (χ1v) is 10.3. The molecule has 0 bridgehead atoms. The van der Waals surface area contributed by atoms with E-state index < -0.39 is 0 Å². The van der Waals surface area contributed by atoms with E-state index in [1.54, 1.807) is 0 Å². The Morgan fingerprint density at radius 1 is 1.07 bits per heavy atom. The van der Waals surface area contributed by atoms with E-state index >= 15 is 0 Å². The average molecular weight is 401 g/mol. The van der Waals surface area contributed by atoms with Crippen LogP contribution in [0.5, 0.6) is 0 Å². The molecule has 152 valence electrons. The fourth-order valence-electron chi connectivity index (χ4n) is 4.28. The average Bonchev–Trinajstić information content (AvgIpc) is 3.37. The lowest BCUT2D eigenvalue weighted by atomic mass is 9.85. The number of rotatable bonds is 4. The van der Waals surface area contributed by atoms with Crippen LogP contribution in [0.2, 0.25) is 0 Å². The predicted molar refractivity (Wildman–Crippen MR) is 114 cm³/mol. The van der Waals surface area contributed by atoms with Gasteiger partial charge < -0.3 is 15.5 Å². The molecular formula is C23H23N5O2. The molecule has 5 rings (SSSR count). The standard InChI is InChI=1S/C23H23N5O2/c1-13(14-5-3-2-4-6-14)24-23(30)22-25-19-11-17-18(12-20(19)26-22)27-28-21(17)15-7-9-16(29)10-8-15/h2-6,11-13,15,27-28H,7-10H2,1H3,(H,24,30). The number of hydrogen-bond donors (Lipinski definition) is 3. The number of carbonyl (C=O) groups excluding carboxylic acids is 2. The minimum atomic E-state index is -0.288. The molecule has 1 fully saturated rings. The zero-order valence-corrected chi connectivity index (χ0v) is 16.7. The number of nitrogens with one attached hydrogen (secondary N) is 3. The number of aromatic nitrogens is 4. The first-order chi connectivity index (χ1) is 14.6. The van der Waals surface area contributed by atoms with Crippen LogP contribution in [0, 0.1) is 0 Å². The summed E-state index contributed by atoms with van der Waals surface area (Å²) in [5, 5.41) is 10.5. The van der Waals surface area contributed by atoms with Crippen LogP contribution in [0.3, 0.4) is 0 Å². The molecule has 7 nitrogen and oxygen atoms in total. The van der Waals surface area contributed by atoms with Gasteiger partial charge in [0.25, 0.3) is 5.91 Å². The van der Waals surface area contributed by atoms with Crippen molar-refractivity contribution in [3.05, 3.63) is 59.5 Å². The number of carbonyl (C=O) groups is 2. The van der Waals surface area contributed by atoms with E-state index in [9.17, 15) is 9.59 Å². The van der Waals surface area contributed by atoms with Gasteiger partial charge >= 0.3 is 0 Å². The molecule has 30 heavy (non-hydrogen) atoms. The molecule has 1 atom stereocenters. The van der Waals surface area contributed by atoms with Gasteiger partial charge in [0.15, 0.2) is 0 Å². The number of amides is 1. The highest BCUT2D eigenvalue weighted by molar-refractivity contribution is 5.99. The largest absolute Gasteiger partial charge is 0.343 e. The highest BCUT2D eigenvalue weighted by Crippen LogP contribution is 2.35. The summed E-state index contributed by atoms with van der Waals surface area (Å²) in [6.45, 7) is 1.94. The maximum Gasteiger partial charge on any atom is 0.289 e. The summed E-state index contributed by atoms with van der Waals surface area (Å²) < 4.78 is 0. The van der Waals surface area contributed by atoms with Gasteiger partial charge in [-0.15, -0.1) is 0 Å². The highest BCUT2D eigenvalue weighted by atomic mass is 16.2. The van der Waals surface area contributed by atoms with Crippen molar-refractivity contribution in [1.29, 1.82) is 0 Å². The molecule has 4 aromatic rings. The van der Waals surface area contributed by atoms with Gasteiger partial charge in [0, 0.05) is 29.8 Å². The number of benzene rings is 2. The Kier molecular flexibility index (Phi) is 4.58. The van der Waals surface area contributed by atoms with Gasteiger partial charge in [-0.1, -0.05) is 30.3 Å². The third-order valence-corrected chi connectivity index (χ3v) is 5.99. The zero-order valence-electron chi connectivity index (χ0n) is 16.7. The fraction of sp³-hybridized carbons (Fsp3) is 0.304. The van der Waals surface area contributed by atoms with Crippen LogP contribution in [-0.2, 0) is 4.79 Å². The second kappa shape index (κ2) is 7.40. The Labute approximate surface area is 173 Å². The van der Waals surface area contributed by atoms with Gasteiger partial charge in [-0.05, 0) is 37.5 Å². The number of aromatic amines is 2. The first-order valence-electron chi connectivity index (χ1n) is 10.3. The van der Waals surface area contributed by atoms with Crippen molar-refractivity contribution in [2.24, 2.45) is 0 Å². The molecule has 0 saturated heterocycles. The molecule has 2 heterocycles. The monoisotopic (exact) mass is 401 g/mol. The van der Waals surface area contributed by atoms with Crippen LogP contribution < -0.4 is 5.32 Å². The molecule has 1 aliphatic carbocycles. The van der Waals surface area contributed by atoms with Crippen LogP contribution in [0.1, 0.15) is 66.4 Å². The van der Waals surface area contributed by atoms with Crippen molar-refractivity contribution in [3.8, 4) is 0 Å². The number of hydrogen-bond acceptors (Lipinski definition) is 4. The molecule has 0 radical (unpaired) electrons. The topological polar surface area (TPSA) is 104 Å². The number of H-pyrrole nitrogens is 2. The summed E-state index contributed by atoms with van der Waals surface area (Å²) in [7, 11) is 0. The molecular weight excluding hydrogens is 378 g/mol. The van der Waals surface area contributed by atoms with E-state index in [2.05, 4.69) is 25.5 Å². The van der Waals surface area contributed by atoms with E-state index in [1.807, 2.05) is 49.4 Å². The van der Waals surface area contributed by atoms with E-state index in [0.717, 1.165) is 35.0 Å². The third kappa shape index (κ3) is 3.36. The van der Waals surface area contributed by atoms with Crippen LogP contribution >= 0.6 is 0 Å². The van der Waals surface area contributed by atoms with Crippen molar-refractivity contribution in [1.82, 2.24) is 25.5 Å². The minimum absolute atomic E-state index is 0.134. The number of nitrogens with zero attached hydrogens (tertiary/aromatic N) is 2. The number of fused-ring (bicyclic) bond motifs is 2. The second-order valence-corrected chi connectivity index (χ2v) is 8.02. The smallest absolute Gasteiger partial charge is 0.289 e. The molecule has 3 N–H and O–H groups in total. The zero-order chi connectivity index (χ0) is 20.7. The summed E-state index contributed by atoms with van der Waals surface area (Å²) >= 11 is 0. The molecule has 7 heteroatoms. The van der Waals surface area contributed by atoms with E-state index in [4.69, 9.17) is 0 Å². The molecule has 1 aliphatic rings. The summed E-state index contributed by atoms with van der Waals surface area (Å²) in [4.78, 5) is 33.2.